The Kier molecular flexibility index (Phi) is 9.11. The Morgan fingerprint density at radius 2 is 1.85 bits per heavy atom. The molecule has 2 aromatic rings. The molecule has 0 radical (unpaired) electrons. The molecule has 2 amide bonds. The highest BCUT2D eigenvalue weighted by Crippen LogP contribution is 2.48. The minimum Gasteiger partial charge on any atom is -0.481 e. The third-order valence-corrected chi connectivity index (χ3v) is 8.35. The van der Waals surface area contributed by atoms with E-state index in [1.165, 1.54) is 0 Å². The molecule has 1 aliphatic heterocycles. The van der Waals surface area contributed by atoms with E-state index < -0.39 is 11.6 Å². The number of benzene rings is 2. The van der Waals surface area contributed by atoms with Crippen molar-refractivity contribution in [2.45, 2.75) is 77.4 Å². The van der Waals surface area contributed by atoms with Gasteiger partial charge in [-0.2, -0.15) is 0 Å². The normalized spacial score (nSPS) is 21.8. The van der Waals surface area contributed by atoms with Gasteiger partial charge in [-0.15, -0.1) is 0 Å². The molecule has 2 aromatic carbocycles. The smallest absolute Gasteiger partial charge is 0.305 e. The number of hydrogen-bond donors (Lipinski definition) is 2. The van der Waals surface area contributed by atoms with Crippen LogP contribution in [0.4, 0.5) is 0 Å². The van der Waals surface area contributed by atoms with Crippen LogP contribution in [0.15, 0.2) is 53.5 Å². The van der Waals surface area contributed by atoms with Gasteiger partial charge >= 0.3 is 5.97 Å². The van der Waals surface area contributed by atoms with E-state index in [1.54, 1.807) is 18.2 Å². The van der Waals surface area contributed by atoms with Gasteiger partial charge in [-0.05, 0) is 73.8 Å². The number of nitrogens with one attached hydrogen (secondary N) is 1. The fourth-order valence-electron chi connectivity index (χ4n) is 5.95. The Morgan fingerprint density at radius 1 is 1.15 bits per heavy atom. The van der Waals surface area contributed by atoms with Crippen LogP contribution in [0.5, 0.6) is 0 Å². The van der Waals surface area contributed by atoms with Gasteiger partial charge in [-0.3, -0.25) is 19.4 Å². The molecule has 7 nitrogen and oxygen atoms in total. The predicted octanol–water partition coefficient (Wildman–Crippen LogP) is 6.26. The second-order valence-corrected chi connectivity index (χ2v) is 11.5. The van der Waals surface area contributed by atoms with Crippen molar-refractivity contribution in [3.05, 3.63) is 70.2 Å². The molecule has 1 atom stereocenters. The van der Waals surface area contributed by atoms with E-state index in [2.05, 4.69) is 26.1 Å². The molecule has 2 aliphatic rings. The highest BCUT2D eigenvalue weighted by Gasteiger charge is 2.51. The third kappa shape index (κ3) is 6.35. The van der Waals surface area contributed by atoms with Gasteiger partial charge in [0, 0.05) is 22.7 Å². The summed E-state index contributed by atoms with van der Waals surface area (Å²) in [6, 6.07) is 14.5. The van der Waals surface area contributed by atoms with E-state index in [4.69, 9.17) is 21.7 Å². The molecule has 4 rings (SSSR count). The van der Waals surface area contributed by atoms with Crippen LogP contribution in [0.3, 0.4) is 0 Å². The van der Waals surface area contributed by atoms with Gasteiger partial charge in [0.25, 0.3) is 11.8 Å². The number of aliphatic carboxylic acids is 1. The molecule has 208 valence electrons. The molecule has 39 heavy (non-hydrogen) atoms. The summed E-state index contributed by atoms with van der Waals surface area (Å²) in [5.41, 5.74) is 2.02. The zero-order valence-electron chi connectivity index (χ0n) is 23.0. The number of carbonyl (C=O) groups is 3. The quantitative estimate of drug-likeness (QED) is 0.364. The summed E-state index contributed by atoms with van der Waals surface area (Å²) in [5.74, 6) is -0.151. The van der Waals surface area contributed by atoms with Crippen molar-refractivity contribution < 1.29 is 19.5 Å². The molecule has 1 heterocycles. The average Bonchev–Trinajstić information content (AvgIpc) is 3.18. The monoisotopic (exact) mass is 551 g/mol. The maximum atomic E-state index is 14.2. The van der Waals surface area contributed by atoms with Crippen molar-refractivity contribution in [1.29, 1.82) is 0 Å². The van der Waals surface area contributed by atoms with Crippen LogP contribution in [-0.2, 0) is 9.59 Å². The maximum Gasteiger partial charge on any atom is 0.305 e. The number of amides is 2. The molecule has 1 fully saturated rings. The summed E-state index contributed by atoms with van der Waals surface area (Å²) in [7, 11) is 0. The Morgan fingerprint density at radius 3 is 2.44 bits per heavy atom. The van der Waals surface area contributed by atoms with Gasteiger partial charge in [-0.1, -0.05) is 63.1 Å². The number of carboxylic acid groups (broad SMARTS) is 1. The standard InChI is InChI=1S/C31H38ClN3O4/c1-4-6-26(22-9-11-23(12-10-22)29(38)33-18-15-27(36)37)35-30(39)28(24-7-5-8-25(32)19-24)34-31(35)16-13-21(14-17-31)20(2)3/h5,7-12,19-21,26H,4,6,13-18H2,1-3H3,(H,33,38)(H,36,37)/t21?,26-,31?/m1/s1. The van der Waals surface area contributed by atoms with E-state index in [9.17, 15) is 14.4 Å². The van der Waals surface area contributed by atoms with Gasteiger partial charge < -0.3 is 15.3 Å². The van der Waals surface area contributed by atoms with E-state index in [0.29, 0.717) is 28.1 Å². The zero-order valence-corrected chi connectivity index (χ0v) is 23.7. The van der Waals surface area contributed by atoms with Crippen LogP contribution >= 0.6 is 11.6 Å². The minimum absolute atomic E-state index is 0.0696. The molecule has 1 spiro atoms. The second-order valence-electron chi connectivity index (χ2n) is 11.0. The number of nitrogens with zero attached hydrogens (tertiary/aromatic N) is 2. The average molecular weight is 552 g/mol. The lowest BCUT2D eigenvalue weighted by Crippen LogP contribution is -2.51. The number of aliphatic imine (C=N–C) groups is 1. The second kappa shape index (κ2) is 12.3. The SMILES string of the molecule is CCC[C@H](c1ccc(C(=O)NCCC(=O)O)cc1)N1C(=O)C(c2cccc(Cl)c2)=NC12CCC(C(C)C)CC2. The van der Waals surface area contributed by atoms with Crippen molar-refractivity contribution in [2.75, 3.05) is 6.54 Å². The van der Waals surface area contributed by atoms with Crippen molar-refractivity contribution in [2.24, 2.45) is 16.8 Å². The van der Waals surface area contributed by atoms with Crippen LogP contribution in [0.2, 0.25) is 5.02 Å². The first-order valence-corrected chi connectivity index (χ1v) is 14.3. The van der Waals surface area contributed by atoms with Crippen LogP contribution in [0.25, 0.3) is 0 Å². The van der Waals surface area contributed by atoms with Crippen molar-refractivity contribution >= 4 is 35.1 Å². The Labute approximate surface area is 235 Å². The first-order valence-electron chi connectivity index (χ1n) is 13.9. The van der Waals surface area contributed by atoms with Crippen molar-refractivity contribution in [3.8, 4) is 0 Å². The predicted molar refractivity (Wildman–Crippen MR) is 153 cm³/mol. The molecule has 1 saturated carbocycles. The number of carbonyl (C=O) groups excluding carboxylic acids is 2. The van der Waals surface area contributed by atoms with Crippen molar-refractivity contribution in [1.82, 2.24) is 10.2 Å². The molecule has 0 saturated heterocycles. The highest BCUT2D eigenvalue weighted by molar-refractivity contribution is 6.47. The molecule has 1 aliphatic carbocycles. The molecular formula is C31H38ClN3O4. The molecule has 0 aromatic heterocycles. The van der Waals surface area contributed by atoms with Gasteiger partial charge in [0.05, 0.1) is 12.5 Å². The fourth-order valence-corrected chi connectivity index (χ4v) is 6.14. The zero-order chi connectivity index (χ0) is 28.2. The van der Waals surface area contributed by atoms with Gasteiger partial charge in [0.15, 0.2) is 0 Å². The van der Waals surface area contributed by atoms with Gasteiger partial charge in [-0.25, -0.2) is 0 Å². The molecule has 8 heteroatoms. The number of rotatable bonds is 10. The van der Waals surface area contributed by atoms with Crippen LogP contribution in [0.1, 0.15) is 93.2 Å². The Hall–Kier alpha value is -3.19. The van der Waals surface area contributed by atoms with Gasteiger partial charge in [0.2, 0.25) is 0 Å². The largest absolute Gasteiger partial charge is 0.481 e. The number of carboxylic acids is 1. The molecular weight excluding hydrogens is 514 g/mol. The molecule has 0 bridgehead atoms. The lowest BCUT2D eigenvalue weighted by Gasteiger charge is -2.46. The summed E-state index contributed by atoms with van der Waals surface area (Å²) in [6.07, 6.45) is 5.18. The summed E-state index contributed by atoms with van der Waals surface area (Å²) < 4.78 is 0. The summed E-state index contributed by atoms with van der Waals surface area (Å²) in [4.78, 5) is 44.7. The first-order chi connectivity index (χ1) is 18.6. The lowest BCUT2D eigenvalue weighted by atomic mass is 9.76. The lowest BCUT2D eigenvalue weighted by molar-refractivity contribution is -0.137. The Bertz CT molecular complexity index is 1230. The molecule has 2 N–H and O–H groups in total. The van der Waals surface area contributed by atoms with Crippen LogP contribution in [-0.4, -0.2) is 45.7 Å². The maximum absolute atomic E-state index is 14.2. The van der Waals surface area contributed by atoms with Crippen molar-refractivity contribution in [3.63, 3.8) is 0 Å². The number of hydrogen-bond acceptors (Lipinski definition) is 4. The van der Waals surface area contributed by atoms with Crippen LogP contribution in [0, 0.1) is 11.8 Å². The van der Waals surface area contributed by atoms with Gasteiger partial charge in [0.1, 0.15) is 11.4 Å². The summed E-state index contributed by atoms with van der Waals surface area (Å²) >= 11 is 6.29. The Balaban J connectivity index is 1.66. The summed E-state index contributed by atoms with van der Waals surface area (Å²) in [5, 5.41) is 12.0. The third-order valence-electron chi connectivity index (χ3n) is 8.12. The minimum atomic E-state index is -0.959. The summed E-state index contributed by atoms with van der Waals surface area (Å²) in [6.45, 7) is 6.71. The van der Waals surface area contributed by atoms with E-state index >= 15 is 0 Å². The highest BCUT2D eigenvalue weighted by atomic mass is 35.5. The van der Waals surface area contributed by atoms with E-state index in [-0.39, 0.29) is 30.8 Å². The van der Waals surface area contributed by atoms with Crippen LogP contribution < -0.4 is 5.32 Å². The first kappa shape index (κ1) is 28.8. The van der Waals surface area contributed by atoms with E-state index in [0.717, 1.165) is 49.7 Å². The van der Waals surface area contributed by atoms with E-state index in [1.807, 2.05) is 35.2 Å². The topological polar surface area (TPSA) is 99.1 Å². The number of halogens is 1. The molecule has 0 unspecified atom stereocenters. The fraction of sp³-hybridized carbons (Fsp3) is 0.484.